The highest BCUT2D eigenvalue weighted by atomic mass is 32.2. The van der Waals surface area contributed by atoms with Crippen LogP contribution in [-0.2, 0) is 9.84 Å². The number of hydrogen-bond acceptors (Lipinski definition) is 5. The maximum atomic E-state index is 11.5. The molecule has 1 N–H and O–H groups in total. The molecule has 0 bridgehead atoms. The van der Waals surface area contributed by atoms with Crippen LogP contribution in [0.5, 0.6) is 0 Å². The molecule has 1 aromatic carbocycles. The fourth-order valence-electron chi connectivity index (χ4n) is 2.94. The SMILES string of the molecule is Cc1nc(NC2CCCC2)cc(-c2ccc(S(C)(=O)=O)cc2)n1. The fourth-order valence-corrected chi connectivity index (χ4v) is 3.57. The molecule has 0 atom stereocenters. The molecule has 0 amide bonds. The molecule has 0 radical (unpaired) electrons. The Morgan fingerprint density at radius 3 is 2.35 bits per heavy atom. The first kappa shape index (κ1) is 15.9. The van der Waals surface area contributed by atoms with Gasteiger partial charge in [-0.3, -0.25) is 0 Å². The van der Waals surface area contributed by atoms with Crippen LogP contribution in [0.4, 0.5) is 5.82 Å². The van der Waals surface area contributed by atoms with Crippen molar-refractivity contribution in [2.24, 2.45) is 0 Å². The molecule has 1 saturated carbocycles. The van der Waals surface area contributed by atoms with Gasteiger partial charge >= 0.3 is 0 Å². The monoisotopic (exact) mass is 331 g/mol. The Morgan fingerprint density at radius 2 is 1.74 bits per heavy atom. The molecule has 1 fully saturated rings. The van der Waals surface area contributed by atoms with Crippen molar-refractivity contribution in [1.82, 2.24) is 9.97 Å². The Hall–Kier alpha value is -1.95. The molecule has 0 spiro atoms. The highest BCUT2D eigenvalue weighted by Crippen LogP contribution is 2.25. The van der Waals surface area contributed by atoms with Crippen LogP contribution >= 0.6 is 0 Å². The lowest BCUT2D eigenvalue weighted by Crippen LogP contribution is -2.16. The quantitative estimate of drug-likeness (QED) is 0.931. The maximum Gasteiger partial charge on any atom is 0.175 e. The second-order valence-corrected chi connectivity index (χ2v) is 8.12. The molecule has 23 heavy (non-hydrogen) atoms. The molecular formula is C17H21N3O2S. The van der Waals surface area contributed by atoms with Gasteiger partial charge in [-0.15, -0.1) is 0 Å². The number of rotatable bonds is 4. The van der Waals surface area contributed by atoms with Gasteiger partial charge in [0.05, 0.1) is 10.6 Å². The predicted octanol–water partition coefficient (Wildman–Crippen LogP) is 3.21. The van der Waals surface area contributed by atoms with E-state index in [1.165, 1.54) is 31.9 Å². The number of nitrogens with zero attached hydrogens (tertiary/aromatic N) is 2. The molecule has 2 aromatic rings. The second kappa shape index (κ2) is 6.28. The topological polar surface area (TPSA) is 72.0 Å². The molecule has 1 aromatic heterocycles. The molecular weight excluding hydrogens is 310 g/mol. The number of benzene rings is 1. The first-order valence-corrected chi connectivity index (χ1v) is 9.74. The van der Waals surface area contributed by atoms with Crippen LogP contribution in [0.3, 0.4) is 0 Å². The predicted molar refractivity (Wildman–Crippen MR) is 91.2 cm³/mol. The summed E-state index contributed by atoms with van der Waals surface area (Å²) in [5, 5.41) is 3.48. The lowest BCUT2D eigenvalue weighted by atomic mass is 10.1. The summed E-state index contributed by atoms with van der Waals surface area (Å²) in [6, 6.07) is 9.23. The van der Waals surface area contributed by atoms with Crippen molar-refractivity contribution in [2.45, 2.75) is 43.5 Å². The van der Waals surface area contributed by atoms with Gasteiger partial charge in [0, 0.05) is 23.9 Å². The Balaban J connectivity index is 1.88. The molecule has 1 aliphatic carbocycles. The van der Waals surface area contributed by atoms with E-state index < -0.39 is 9.84 Å². The zero-order valence-electron chi connectivity index (χ0n) is 13.4. The number of anilines is 1. The minimum absolute atomic E-state index is 0.316. The molecule has 0 unspecified atom stereocenters. The van der Waals surface area contributed by atoms with Crippen molar-refractivity contribution >= 4 is 15.7 Å². The van der Waals surface area contributed by atoms with Gasteiger partial charge in [0.2, 0.25) is 0 Å². The third-order valence-electron chi connectivity index (χ3n) is 4.12. The van der Waals surface area contributed by atoms with Crippen LogP contribution in [0, 0.1) is 6.92 Å². The summed E-state index contributed by atoms with van der Waals surface area (Å²) in [5.41, 5.74) is 1.69. The maximum absolute atomic E-state index is 11.5. The number of aromatic nitrogens is 2. The van der Waals surface area contributed by atoms with Crippen molar-refractivity contribution in [2.75, 3.05) is 11.6 Å². The molecule has 1 heterocycles. The van der Waals surface area contributed by atoms with Gasteiger partial charge in [-0.1, -0.05) is 25.0 Å². The smallest absolute Gasteiger partial charge is 0.175 e. The lowest BCUT2D eigenvalue weighted by molar-refractivity contribution is 0.602. The van der Waals surface area contributed by atoms with Crippen LogP contribution in [-0.4, -0.2) is 30.7 Å². The largest absolute Gasteiger partial charge is 0.367 e. The summed E-state index contributed by atoms with van der Waals surface area (Å²) in [7, 11) is -3.18. The third kappa shape index (κ3) is 3.88. The Labute approximate surface area is 137 Å². The number of sulfone groups is 1. The average Bonchev–Trinajstić information content (AvgIpc) is 2.99. The van der Waals surface area contributed by atoms with Gasteiger partial charge < -0.3 is 5.32 Å². The van der Waals surface area contributed by atoms with Crippen LogP contribution in [0.15, 0.2) is 35.2 Å². The third-order valence-corrected chi connectivity index (χ3v) is 5.25. The van der Waals surface area contributed by atoms with E-state index >= 15 is 0 Å². The van der Waals surface area contributed by atoms with Crippen LogP contribution in [0.25, 0.3) is 11.3 Å². The van der Waals surface area contributed by atoms with E-state index in [0.29, 0.717) is 16.8 Å². The average molecular weight is 331 g/mol. The number of aryl methyl sites for hydroxylation is 1. The van der Waals surface area contributed by atoms with Gasteiger partial charge in [-0.05, 0) is 31.9 Å². The van der Waals surface area contributed by atoms with E-state index in [1.54, 1.807) is 24.3 Å². The van der Waals surface area contributed by atoms with Crippen LogP contribution in [0.1, 0.15) is 31.5 Å². The van der Waals surface area contributed by atoms with Crippen molar-refractivity contribution in [3.8, 4) is 11.3 Å². The first-order chi connectivity index (χ1) is 10.9. The summed E-state index contributed by atoms with van der Waals surface area (Å²) < 4.78 is 23.1. The Morgan fingerprint density at radius 1 is 1.09 bits per heavy atom. The van der Waals surface area contributed by atoms with Gasteiger partial charge in [0.15, 0.2) is 9.84 Å². The highest BCUT2D eigenvalue weighted by Gasteiger charge is 2.16. The summed E-state index contributed by atoms with van der Waals surface area (Å²) in [6.45, 7) is 1.87. The van der Waals surface area contributed by atoms with Crippen molar-refractivity contribution < 1.29 is 8.42 Å². The van der Waals surface area contributed by atoms with Crippen molar-refractivity contribution in [3.63, 3.8) is 0 Å². The standard InChI is InChI=1S/C17H21N3O2S/c1-12-18-16(11-17(19-12)20-14-5-3-4-6-14)13-7-9-15(10-8-13)23(2,21)22/h7-11,14H,3-6H2,1-2H3,(H,18,19,20). The Kier molecular flexibility index (Phi) is 4.35. The molecule has 0 aliphatic heterocycles. The number of nitrogens with one attached hydrogen (secondary N) is 1. The number of hydrogen-bond donors (Lipinski definition) is 1. The van der Waals surface area contributed by atoms with Gasteiger partial charge in [-0.25, -0.2) is 18.4 Å². The second-order valence-electron chi connectivity index (χ2n) is 6.11. The molecule has 3 rings (SSSR count). The molecule has 6 heteroatoms. The minimum atomic E-state index is -3.18. The summed E-state index contributed by atoms with van der Waals surface area (Å²) in [5.74, 6) is 1.54. The normalized spacial score (nSPS) is 15.7. The van der Waals surface area contributed by atoms with E-state index in [2.05, 4.69) is 15.3 Å². The highest BCUT2D eigenvalue weighted by molar-refractivity contribution is 7.90. The zero-order valence-corrected chi connectivity index (χ0v) is 14.2. The molecule has 1 aliphatic rings. The minimum Gasteiger partial charge on any atom is -0.367 e. The van der Waals surface area contributed by atoms with Crippen molar-refractivity contribution in [3.05, 3.63) is 36.2 Å². The van der Waals surface area contributed by atoms with Gasteiger partial charge in [-0.2, -0.15) is 0 Å². The van der Waals surface area contributed by atoms with Gasteiger partial charge in [0.25, 0.3) is 0 Å². The van der Waals surface area contributed by atoms with E-state index in [9.17, 15) is 8.42 Å². The fraction of sp³-hybridized carbons (Fsp3) is 0.412. The summed E-state index contributed by atoms with van der Waals surface area (Å²) >= 11 is 0. The Bertz CT molecular complexity index is 795. The van der Waals surface area contributed by atoms with Crippen LogP contribution in [0.2, 0.25) is 0 Å². The molecule has 0 saturated heterocycles. The zero-order chi connectivity index (χ0) is 16.4. The molecule has 122 valence electrons. The van der Waals surface area contributed by atoms with Crippen molar-refractivity contribution in [1.29, 1.82) is 0 Å². The summed E-state index contributed by atoms with van der Waals surface area (Å²) in [6.07, 6.45) is 6.10. The van der Waals surface area contributed by atoms with Crippen LogP contribution < -0.4 is 5.32 Å². The summed E-state index contributed by atoms with van der Waals surface area (Å²) in [4.78, 5) is 9.25. The van der Waals surface area contributed by atoms with E-state index in [1.807, 2.05) is 13.0 Å². The van der Waals surface area contributed by atoms with E-state index in [4.69, 9.17) is 0 Å². The van der Waals surface area contributed by atoms with E-state index in [-0.39, 0.29) is 0 Å². The molecule has 5 nitrogen and oxygen atoms in total. The first-order valence-electron chi connectivity index (χ1n) is 7.84. The lowest BCUT2D eigenvalue weighted by Gasteiger charge is -2.14. The van der Waals surface area contributed by atoms with E-state index in [0.717, 1.165) is 17.1 Å². The van der Waals surface area contributed by atoms with Gasteiger partial charge in [0.1, 0.15) is 11.6 Å².